The number of ether oxygens (including phenoxy) is 1. The Hall–Kier alpha value is -3.23. The molecule has 0 aliphatic rings. The van der Waals surface area contributed by atoms with Crippen molar-refractivity contribution in [2.75, 3.05) is 13.7 Å². The molecule has 0 radical (unpaired) electrons. The molecule has 35 heavy (non-hydrogen) atoms. The predicted molar refractivity (Wildman–Crippen MR) is 133 cm³/mol. The van der Waals surface area contributed by atoms with E-state index in [9.17, 15) is 24.6 Å². The van der Waals surface area contributed by atoms with Crippen LogP contribution in [0.2, 0.25) is 0 Å². The van der Waals surface area contributed by atoms with E-state index in [2.05, 4.69) is 5.32 Å². The largest absolute Gasteiger partial charge is 0.479 e. The number of nitrogens with one attached hydrogen (secondary N) is 1. The van der Waals surface area contributed by atoms with E-state index in [1.165, 1.54) is 13.8 Å². The Bertz CT molecular complexity index is 948. The van der Waals surface area contributed by atoms with Crippen molar-refractivity contribution in [1.29, 1.82) is 0 Å². The van der Waals surface area contributed by atoms with E-state index < -0.39 is 41.7 Å². The lowest BCUT2D eigenvalue weighted by Gasteiger charge is -2.36. The fourth-order valence-electron chi connectivity index (χ4n) is 3.77. The number of carbonyl (C=O) groups excluding carboxylic acids is 2. The van der Waals surface area contributed by atoms with Gasteiger partial charge in [-0.05, 0) is 43.7 Å². The van der Waals surface area contributed by atoms with Gasteiger partial charge in [0.2, 0.25) is 5.60 Å². The van der Waals surface area contributed by atoms with E-state index in [1.54, 1.807) is 0 Å². The fourth-order valence-corrected chi connectivity index (χ4v) is 3.77. The Kier molecular flexibility index (Phi) is 9.56. The van der Waals surface area contributed by atoms with Gasteiger partial charge in [0.05, 0.1) is 18.2 Å². The fraction of sp³-hybridized carbons (Fsp3) is 0.444. The summed E-state index contributed by atoms with van der Waals surface area (Å²) < 4.78 is 5.28. The van der Waals surface area contributed by atoms with Gasteiger partial charge in [0.25, 0.3) is 5.91 Å². The summed E-state index contributed by atoms with van der Waals surface area (Å²) in [6.07, 6.45) is 0.270. The molecule has 0 saturated carbocycles. The maximum Gasteiger partial charge on any atom is 0.345 e. The van der Waals surface area contributed by atoms with Crippen LogP contribution in [0.1, 0.15) is 57.7 Å². The molecule has 0 fully saturated rings. The first-order valence-electron chi connectivity index (χ1n) is 11.6. The molecule has 0 bridgehead atoms. The van der Waals surface area contributed by atoms with Gasteiger partial charge in [-0.25, -0.2) is 9.59 Å². The third kappa shape index (κ3) is 7.37. The van der Waals surface area contributed by atoms with Crippen LogP contribution in [0.3, 0.4) is 0 Å². The van der Waals surface area contributed by atoms with Gasteiger partial charge in [0.1, 0.15) is 0 Å². The van der Waals surface area contributed by atoms with Crippen LogP contribution in [0, 0.1) is 5.92 Å². The van der Waals surface area contributed by atoms with Crippen molar-refractivity contribution < 1.29 is 29.3 Å². The number of aliphatic carboxylic acids is 1. The highest BCUT2D eigenvalue weighted by molar-refractivity contribution is 6.10. The predicted octanol–water partition coefficient (Wildman–Crippen LogP) is 3.99. The van der Waals surface area contributed by atoms with Crippen LogP contribution in [-0.4, -0.2) is 57.9 Å². The second-order valence-electron chi connectivity index (χ2n) is 9.68. The molecule has 1 atom stereocenters. The maximum absolute atomic E-state index is 13.7. The minimum atomic E-state index is -2.26. The molecule has 0 aromatic heterocycles. The molecule has 8 heteroatoms. The molecule has 0 aliphatic heterocycles. The van der Waals surface area contributed by atoms with E-state index in [0.717, 1.165) is 23.1 Å². The van der Waals surface area contributed by atoms with Crippen LogP contribution in [-0.2, 0) is 14.3 Å². The smallest absolute Gasteiger partial charge is 0.345 e. The summed E-state index contributed by atoms with van der Waals surface area (Å²) in [4.78, 5) is 40.3. The highest BCUT2D eigenvalue weighted by atomic mass is 16.5. The summed E-state index contributed by atoms with van der Waals surface area (Å²) in [6.45, 7) is 6.26. The van der Waals surface area contributed by atoms with Crippen LogP contribution in [0.15, 0.2) is 60.7 Å². The molecule has 2 aromatic rings. The van der Waals surface area contributed by atoms with Gasteiger partial charge >= 0.3 is 12.0 Å². The van der Waals surface area contributed by atoms with Crippen molar-refractivity contribution in [2.45, 2.75) is 57.8 Å². The quantitative estimate of drug-likeness (QED) is 0.415. The van der Waals surface area contributed by atoms with Gasteiger partial charge < -0.3 is 20.3 Å². The van der Waals surface area contributed by atoms with Crippen LogP contribution >= 0.6 is 0 Å². The molecule has 0 spiro atoms. The number of imide groups is 1. The summed E-state index contributed by atoms with van der Waals surface area (Å²) in [5, 5.41) is 23.4. The van der Waals surface area contributed by atoms with E-state index >= 15 is 0 Å². The summed E-state index contributed by atoms with van der Waals surface area (Å²) in [5.41, 5.74) is -2.18. The maximum atomic E-state index is 13.7. The summed E-state index contributed by atoms with van der Waals surface area (Å²) in [6, 6.07) is 17.0. The molecule has 8 nitrogen and oxygen atoms in total. The zero-order chi connectivity index (χ0) is 26.2. The van der Waals surface area contributed by atoms with Crippen LogP contribution < -0.4 is 5.32 Å². The van der Waals surface area contributed by atoms with Crippen molar-refractivity contribution in [3.8, 4) is 0 Å². The second kappa shape index (κ2) is 12.0. The van der Waals surface area contributed by atoms with Gasteiger partial charge in [0.15, 0.2) is 0 Å². The van der Waals surface area contributed by atoms with E-state index in [1.807, 2.05) is 74.5 Å². The molecule has 3 N–H and O–H groups in total. The molecular formula is C27H36N2O6. The molecule has 0 saturated heterocycles. The number of amides is 3. The molecule has 3 amide bonds. The average Bonchev–Trinajstić information content (AvgIpc) is 2.81. The normalized spacial score (nSPS) is 13.4. The zero-order valence-corrected chi connectivity index (χ0v) is 21.0. The number of aliphatic hydroxyl groups is 1. The SMILES string of the molecule is CO[C@](CCC(C)C)(C(=O)O)C(=O)N(CC(C)(C)O)C(=O)NC(c1ccccc1)c1ccccc1. The Morgan fingerprint density at radius 3 is 1.83 bits per heavy atom. The Morgan fingerprint density at radius 2 is 1.46 bits per heavy atom. The van der Waals surface area contributed by atoms with Gasteiger partial charge in [0, 0.05) is 7.11 Å². The molecule has 0 heterocycles. The third-order valence-electron chi connectivity index (χ3n) is 5.68. The van der Waals surface area contributed by atoms with E-state index in [-0.39, 0.29) is 12.3 Å². The average molecular weight is 485 g/mol. The molecule has 0 aliphatic carbocycles. The van der Waals surface area contributed by atoms with Gasteiger partial charge in [-0.3, -0.25) is 9.69 Å². The van der Waals surface area contributed by atoms with Crippen molar-refractivity contribution in [1.82, 2.24) is 10.2 Å². The number of hydrogen-bond donors (Lipinski definition) is 3. The first kappa shape index (κ1) is 28.0. The Balaban J connectivity index is 2.49. The summed E-state index contributed by atoms with van der Waals surface area (Å²) in [5.74, 6) is -2.41. The Morgan fingerprint density at radius 1 is 0.971 bits per heavy atom. The summed E-state index contributed by atoms with van der Waals surface area (Å²) in [7, 11) is 1.14. The number of benzene rings is 2. The summed E-state index contributed by atoms with van der Waals surface area (Å²) >= 11 is 0. The molecule has 2 rings (SSSR count). The molecular weight excluding hydrogens is 448 g/mol. The number of methoxy groups -OCH3 is 1. The van der Waals surface area contributed by atoms with Crippen molar-refractivity contribution >= 4 is 17.9 Å². The van der Waals surface area contributed by atoms with Crippen molar-refractivity contribution in [2.24, 2.45) is 5.92 Å². The lowest BCUT2D eigenvalue weighted by atomic mass is 9.91. The lowest BCUT2D eigenvalue weighted by molar-refractivity contribution is -0.176. The number of hydrogen-bond acceptors (Lipinski definition) is 5. The van der Waals surface area contributed by atoms with Gasteiger partial charge in [-0.1, -0.05) is 74.5 Å². The van der Waals surface area contributed by atoms with Crippen molar-refractivity contribution in [3.05, 3.63) is 71.8 Å². The first-order valence-corrected chi connectivity index (χ1v) is 11.6. The zero-order valence-electron chi connectivity index (χ0n) is 21.0. The highest BCUT2D eigenvalue weighted by Gasteiger charge is 2.51. The number of rotatable bonds is 11. The number of urea groups is 1. The third-order valence-corrected chi connectivity index (χ3v) is 5.68. The minimum absolute atomic E-state index is 0.105. The van der Waals surface area contributed by atoms with Gasteiger partial charge in [-0.2, -0.15) is 0 Å². The Labute approximate surface area is 206 Å². The second-order valence-corrected chi connectivity index (χ2v) is 9.68. The highest BCUT2D eigenvalue weighted by Crippen LogP contribution is 2.27. The monoisotopic (exact) mass is 484 g/mol. The van der Waals surface area contributed by atoms with Crippen LogP contribution in [0.5, 0.6) is 0 Å². The minimum Gasteiger partial charge on any atom is -0.479 e. The topological polar surface area (TPSA) is 116 Å². The molecule has 0 unspecified atom stereocenters. The number of carbonyl (C=O) groups is 3. The van der Waals surface area contributed by atoms with E-state index in [4.69, 9.17) is 4.74 Å². The van der Waals surface area contributed by atoms with E-state index in [0.29, 0.717) is 6.42 Å². The van der Waals surface area contributed by atoms with Gasteiger partial charge in [-0.15, -0.1) is 0 Å². The van der Waals surface area contributed by atoms with Crippen LogP contribution in [0.25, 0.3) is 0 Å². The number of carboxylic acid groups (broad SMARTS) is 1. The molecule has 2 aromatic carbocycles. The van der Waals surface area contributed by atoms with Crippen LogP contribution in [0.4, 0.5) is 4.79 Å². The number of nitrogens with zero attached hydrogens (tertiary/aromatic N) is 1. The lowest BCUT2D eigenvalue weighted by Crippen LogP contribution is -2.61. The standard InChI is InChI=1S/C27H36N2O6/c1-19(2)16-17-27(35-5,24(31)32)23(30)29(18-26(3,4)34)25(33)28-22(20-12-8-6-9-13-20)21-14-10-7-11-15-21/h6-15,19,22,34H,16-18H2,1-5H3,(H,28,33)(H,31,32)/t27-/m0/s1. The number of carboxylic acids is 1. The first-order chi connectivity index (χ1) is 16.4. The van der Waals surface area contributed by atoms with Crippen molar-refractivity contribution in [3.63, 3.8) is 0 Å². The molecule has 190 valence electrons.